The van der Waals surface area contributed by atoms with E-state index in [1.807, 2.05) is 13.8 Å². The van der Waals surface area contributed by atoms with Gasteiger partial charge in [0.1, 0.15) is 0 Å². The Balaban J connectivity index is 1.82. The van der Waals surface area contributed by atoms with Gasteiger partial charge in [-0.2, -0.15) is 0 Å². The molecule has 2 heterocycles. The highest BCUT2D eigenvalue weighted by molar-refractivity contribution is 7.91. The Kier molecular flexibility index (Phi) is 6.08. The van der Waals surface area contributed by atoms with Gasteiger partial charge in [0.05, 0.1) is 11.5 Å². The van der Waals surface area contributed by atoms with Gasteiger partial charge in [0, 0.05) is 38.8 Å². The second-order valence-corrected chi connectivity index (χ2v) is 9.35. The zero-order valence-electron chi connectivity index (χ0n) is 14.3. The largest absolute Gasteiger partial charge is 0.335 e. The predicted octanol–water partition coefficient (Wildman–Crippen LogP) is 1.10. The maximum atomic E-state index is 12.4. The van der Waals surface area contributed by atoms with E-state index in [2.05, 4.69) is 16.8 Å². The predicted molar refractivity (Wildman–Crippen MR) is 92.2 cm³/mol. The molecule has 0 saturated carbocycles. The number of nitrogens with one attached hydrogen (secondary N) is 1. The van der Waals surface area contributed by atoms with Crippen LogP contribution in [0, 0.1) is 5.92 Å². The van der Waals surface area contributed by atoms with Crippen LogP contribution in [0.1, 0.15) is 26.7 Å². The molecule has 0 radical (unpaired) electrons. The average Bonchev–Trinajstić information content (AvgIpc) is 2.57. The molecule has 132 valence electrons. The Bertz CT molecular complexity index is 539. The summed E-state index contributed by atoms with van der Waals surface area (Å²) in [5.41, 5.74) is 1.16. The van der Waals surface area contributed by atoms with E-state index in [0.29, 0.717) is 13.1 Å². The van der Waals surface area contributed by atoms with Crippen molar-refractivity contribution in [1.29, 1.82) is 0 Å². The van der Waals surface area contributed by atoms with Crippen LogP contribution in [-0.2, 0) is 9.84 Å². The van der Waals surface area contributed by atoms with E-state index in [1.165, 1.54) is 0 Å². The second-order valence-electron chi connectivity index (χ2n) is 7.12. The summed E-state index contributed by atoms with van der Waals surface area (Å²) >= 11 is 0. The molecule has 0 spiro atoms. The summed E-state index contributed by atoms with van der Waals surface area (Å²) in [6.45, 7) is 11.5. The fraction of sp³-hybridized carbons (Fsp3) is 0.812. The van der Waals surface area contributed by atoms with Gasteiger partial charge in [0.15, 0.2) is 9.84 Å². The van der Waals surface area contributed by atoms with Crippen LogP contribution >= 0.6 is 0 Å². The monoisotopic (exact) mass is 343 g/mol. The van der Waals surface area contributed by atoms with Crippen LogP contribution in [0.5, 0.6) is 0 Å². The minimum Gasteiger partial charge on any atom is -0.335 e. The number of rotatable bonds is 3. The smallest absolute Gasteiger partial charge is 0.317 e. The van der Waals surface area contributed by atoms with Crippen molar-refractivity contribution >= 4 is 15.9 Å². The first-order chi connectivity index (χ1) is 10.7. The van der Waals surface area contributed by atoms with Crippen LogP contribution in [0.2, 0.25) is 0 Å². The Morgan fingerprint density at radius 1 is 1.26 bits per heavy atom. The summed E-state index contributed by atoms with van der Waals surface area (Å²) < 4.78 is 23.6. The van der Waals surface area contributed by atoms with E-state index in [1.54, 1.807) is 4.90 Å². The van der Waals surface area contributed by atoms with Crippen molar-refractivity contribution in [3.05, 3.63) is 12.2 Å². The SMILES string of the molecule is C=C(C)CN1CCC(NC(=O)N2CCS(=O)(=O)CC(C)C2)CC1. The first-order valence-electron chi connectivity index (χ1n) is 8.38. The number of urea groups is 1. The number of piperidine rings is 1. The third-order valence-corrected chi connectivity index (χ3v) is 6.32. The van der Waals surface area contributed by atoms with Crippen molar-refractivity contribution in [3.8, 4) is 0 Å². The van der Waals surface area contributed by atoms with E-state index in [9.17, 15) is 13.2 Å². The lowest BCUT2D eigenvalue weighted by Crippen LogP contribution is -2.50. The highest BCUT2D eigenvalue weighted by Gasteiger charge is 2.28. The summed E-state index contributed by atoms with van der Waals surface area (Å²) in [6, 6.07) is 0.0614. The second kappa shape index (κ2) is 7.66. The first-order valence-corrected chi connectivity index (χ1v) is 10.2. The van der Waals surface area contributed by atoms with Gasteiger partial charge in [-0.15, -0.1) is 0 Å². The molecule has 2 aliphatic heterocycles. The van der Waals surface area contributed by atoms with Gasteiger partial charge in [0.25, 0.3) is 0 Å². The van der Waals surface area contributed by atoms with Crippen molar-refractivity contribution < 1.29 is 13.2 Å². The van der Waals surface area contributed by atoms with Gasteiger partial charge >= 0.3 is 6.03 Å². The molecule has 1 unspecified atom stereocenters. The number of hydrogen-bond donors (Lipinski definition) is 1. The van der Waals surface area contributed by atoms with Crippen molar-refractivity contribution in [3.63, 3.8) is 0 Å². The van der Waals surface area contributed by atoms with Crippen LogP contribution < -0.4 is 5.32 Å². The molecule has 2 amide bonds. The van der Waals surface area contributed by atoms with E-state index < -0.39 is 9.84 Å². The Labute approximate surface area is 139 Å². The van der Waals surface area contributed by atoms with E-state index in [0.717, 1.165) is 38.0 Å². The molecule has 2 aliphatic rings. The molecule has 2 saturated heterocycles. The highest BCUT2D eigenvalue weighted by Crippen LogP contribution is 2.14. The van der Waals surface area contributed by atoms with E-state index in [-0.39, 0.29) is 29.5 Å². The zero-order valence-corrected chi connectivity index (χ0v) is 15.1. The summed E-state index contributed by atoms with van der Waals surface area (Å²) in [7, 11) is -3.02. The number of nitrogens with zero attached hydrogens (tertiary/aromatic N) is 2. The molecule has 1 atom stereocenters. The van der Waals surface area contributed by atoms with Crippen LogP contribution in [0.25, 0.3) is 0 Å². The number of carbonyl (C=O) groups is 1. The maximum absolute atomic E-state index is 12.4. The molecule has 0 aromatic rings. The van der Waals surface area contributed by atoms with Crippen LogP contribution in [0.4, 0.5) is 4.79 Å². The van der Waals surface area contributed by atoms with Crippen molar-refractivity contribution in [1.82, 2.24) is 15.1 Å². The number of sulfone groups is 1. The lowest BCUT2D eigenvalue weighted by molar-refractivity contribution is 0.175. The van der Waals surface area contributed by atoms with Crippen molar-refractivity contribution in [2.45, 2.75) is 32.7 Å². The first kappa shape index (κ1) is 18.3. The lowest BCUT2D eigenvalue weighted by atomic mass is 10.0. The molecular weight excluding hydrogens is 314 g/mol. The van der Waals surface area contributed by atoms with E-state index in [4.69, 9.17) is 0 Å². The molecular formula is C16H29N3O3S. The fourth-order valence-corrected chi connectivity index (χ4v) is 4.99. The van der Waals surface area contributed by atoms with Gasteiger partial charge in [0.2, 0.25) is 0 Å². The normalized spacial score (nSPS) is 26.5. The van der Waals surface area contributed by atoms with Crippen LogP contribution in [0.15, 0.2) is 12.2 Å². The highest BCUT2D eigenvalue weighted by atomic mass is 32.2. The van der Waals surface area contributed by atoms with Gasteiger partial charge in [-0.1, -0.05) is 19.1 Å². The fourth-order valence-electron chi connectivity index (χ4n) is 3.35. The molecule has 2 fully saturated rings. The van der Waals surface area contributed by atoms with Crippen LogP contribution in [0.3, 0.4) is 0 Å². The van der Waals surface area contributed by atoms with Crippen molar-refractivity contribution in [2.75, 3.05) is 44.2 Å². The molecule has 7 heteroatoms. The molecule has 0 aliphatic carbocycles. The van der Waals surface area contributed by atoms with Gasteiger partial charge in [-0.05, 0) is 25.7 Å². The summed E-state index contributed by atoms with van der Waals surface area (Å²) in [5, 5.41) is 3.08. The summed E-state index contributed by atoms with van der Waals surface area (Å²) in [6.07, 6.45) is 1.86. The molecule has 6 nitrogen and oxygen atoms in total. The Morgan fingerprint density at radius 3 is 2.52 bits per heavy atom. The quantitative estimate of drug-likeness (QED) is 0.779. The molecule has 2 rings (SSSR count). The lowest BCUT2D eigenvalue weighted by Gasteiger charge is -2.33. The Hall–Kier alpha value is -1.08. The topological polar surface area (TPSA) is 69.7 Å². The number of hydrogen-bond acceptors (Lipinski definition) is 4. The molecule has 1 N–H and O–H groups in total. The average molecular weight is 343 g/mol. The summed E-state index contributed by atoms with van der Waals surface area (Å²) in [4.78, 5) is 16.4. The maximum Gasteiger partial charge on any atom is 0.317 e. The number of amides is 2. The molecule has 0 aromatic carbocycles. The van der Waals surface area contributed by atoms with Gasteiger partial charge < -0.3 is 10.2 Å². The number of likely N-dealkylation sites (tertiary alicyclic amines) is 1. The van der Waals surface area contributed by atoms with Gasteiger partial charge in [-0.3, -0.25) is 4.90 Å². The van der Waals surface area contributed by atoms with Crippen molar-refractivity contribution in [2.24, 2.45) is 5.92 Å². The van der Waals surface area contributed by atoms with Crippen LogP contribution in [-0.4, -0.2) is 74.5 Å². The Morgan fingerprint density at radius 2 is 1.91 bits per heavy atom. The number of carbonyl (C=O) groups excluding carboxylic acids is 1. The third-order valence-electron chi connectivity index (χ3n) is 4.44. The van der Waals surface area contributed by atoms with Gasteiger partial charge in [-0.25, -0.2) is 13.2 Å². The molecule has 0 bridgehead atoms. The van der Waals surface area contributed by atoms with E-state index >= 15 is 0 Å². The third kappa shape index (κ3) is 5.80. The zero-order chi connectivity index (χ0) is 17.0. The summed E-state index contributed by atoms with van der Waals surface area (Å²) in [5.74, 6) is 0.239. The molecule has 23 heavy (non-hydrogen) atoms. The minimum atomic E-state index is -3.02. The standard InChI is InChI=1S/C16H29N3O3S/c1-13(2)10-18-6-4-15(5-7-18)17-16(20)19-8-9-23(21,22)12-14(3)11-19/h14-15H,1,4-12H2,2-3H3,(H,17,20). The minimum absolute atomic E-state index is 0.00864. The molecule has 0 aromatic heterocycles.